The number of aliphatic hydroxyl groups excluding tert-OH is 1. The molecule has 2 aromatic carbocycles. The molecule has 0 radical (unpaired) electrons. The fourth-order valence-corrected chi connectivity index (χ4v) is 2.20. The van der Waals surface area contributed by atoms with Gasteiger partial charge in [0.2, 0.25) is 0 Å². The molecule has 1 amide bonds. The van der Waals surface area contributed by atoms with Gasteiger partial charge in [0.05, 0.1) is 24.7 Å². The zero-order chi connectivity index (χ0) is 18.1. The summed E-state index contributed by atoms with van der Waals surface area (Å²) in [4.78, 5) is 25.8. The van der Waals surface area contributed by atoms with E-state index in [-0.39, 0.29) is 19.6 Å². The molecule has 0 saturated heterocycles. The van der Waals surface area contributed by atoms with E-state index < -0.39 is 18.5 Å². The summed E-state index contributed by atoms with van der Waals surface area (Å²) < 4.78 is 5.07. The molecule has 2 aromatic rings. The summed E-state index contributed by atoms with van der Waals surface area (Å²) in [6.07, 6.45) is 0.178. The van der Waals surface area contributed by atoms with E-state index in [1.54, 1.807) is 36.4 Å². The number of nitrogens with zero attached hydrogens (tertiary/aromatic N) is 2. The number of hydrogen-bond acceptors (Lipinski definition) is 5. The number of benzene rings is 2. The molecule has 0 fully saturated rings. The summed E-state index contributed by atoms with van der Waals surface area (Å²) in [5.74, 6) is -1.02. The van der Waals surface area contributed by atoms with E-state index >= 15 is 0 Å². The average molecular weight is 338 g/mol. The van der Waals surface area contributed by atoms with Crippen LogP contribution in [0.4, 0.5) is 5.69 Å². The first-order valence-corrected chi connectivity index (χ1v) is 7.75. The van der Waals surface area contributed by atoms with Crippen LogP contribution in [-0.2, 0) is 16.1 Å². The first-order valence-electron chi connectivity index (χ1n) is 7.75. The quantitative estimate of drug-likeness (QED) is 0.782. The topological polar surface area (TPSA) is 90.6 Å². The van der Waals surface area contributed by atoms with Crippen LogP contribution in [-0.4, -0.2) is 30.1 Å². The Morgan fingerprint density at radius 1 is 1.08 bits per heavy atom. The van der Waals surface area contributed by atoms with Gasteiger partial charge in [0, 0.05) is 12.2 Å². The van der Waals surface area contributed by atoms with Crippen LogP contribution in [0.3, 0.4) is 0 Å². The second kappa shape index (κ2) is 9.21. The molecule has 6 nitrogen and oxygen atoms in total. The Labute approximate surface area is 145 Å². The lowest BCUT2D eigenvalue weighted by Crippen LogP contribution is -2.35. The second-order valence-corrected chi connectivity index (χ2v) is 5.22. The van der Waals surface area contributed by atoms with E-state index in [1.165, 1.54) is 17.0 Å². The lowest BCUT2D eigenvalue weighted by atomic mass is 10.1. The summed E-state index contributed by atoms with van der Waals surface area (Å²) in [7, 11) is 0. The predicted molar refractivity (Wildman–Crippen MR) is 91.7 cm³/mol. The van der Waals surface area contributed by atoms with E-state index in [2.05, 4.69) is 0 Å². The van der Waals surface area contributed by atoms with Gasteiger partial charge in [0.1, 0.15) is 0 Å². The molecule has 0 aliphatic carbocycles. The fourth-order valence-electron chi connectivity index (χ4n) is 2.20. The Hall–Kier alpha value is -3.17. The Balaban J connectivity index is 2.00. The summed E-state index contributed by atoms with van der Waals surface area (Å²) >= 11 is 0. The normalized spacial score (nSPS) is 9.92. The van der Waals surface area contributed by atoms with E-state index in [0.717, 1.165) is 0 Å². The van der Waals surface area contributed by atoms with Crippen molar-refractivity contribution in [3.05, 3.63) is 65.7 Å². The fraction of sp³-hybridized carbons (Fsp3) is 0.211. The van der Waals surface area contributed by atoms with Crippen molar-refractivity contribution in [2.24, 2.45) is 0 Å². The molecule has 0 unspecified atom stereocenters. The Morgan fingerprint density at radius 3 is 2.36 bits per heavy atom. The minimum atomic E-state index is -0.619. The van der Waals surface area contributed by atoms with Crippen LogP contribution >= 0.6 is 0 Å². The molecule has 2 rings (SSSR count). The van der Waals surface area contributed by atoms with Crippen molar-refractivity contribution in [1.82, 2.24) is 0 Å². The molecule has 25 heavy (non-hydrogen) atoms. The van der Waals surface area contributed by atoms with Gasteiger partial charge in [-0.15, -0.1) is 0 Å². The van der Waals surface area contributed by atoms with Crippen molar-refractivity contribution in [2.75, 3.05) is 18.1 Å². The molecule has 0 aromatic heterocycles. The number of nitriles is 1. The van der Waals surface area contributed by atoms with Crippen molar-refractivity contribution < 1.29 is 19.4 Å². The molecule has 0 atom stereocenters. The SMILES string of the molecule is N#CCCN(C(=O)COC(=O)c1ccc(CO)cc1)c1ccccc1. The van der Waals surface area contributed by atoms with Crippen LogP contribution < -0.4 is 4.90 Å². The molecule has 0 aliphatic heterocycles. The van der Waals surface area contributed by atoms with Crippen LogP contribution in [0.15, 0.2) is 54.6 Å². The number of esters is 1. The molecular weight excluding hydrogens is 320 g/mol. The number of para-hydroxylation sites is 1. The van der Waals surface area contributed by atoms with Gasteiger partial charge in [-0.1, -0.05) is 30.3 Å². The third-order valence-corrected chi connectivity index (χ3v) is 3.52. The maximum Gasteiger partial charge on any atom is 0.338 e. The van der Waals surface area contributed by atoms with Gasteiger partial charge in [-0.25, -0.2) is 4.79 Å². The number of aliphatic hydroxyl groups is 1. The van der Waals surface area contributed by atoms with Gasteiger partial charge < -0.3 is 14.7 Å². The van der Waals surface area contributed by atoms with Gasteiger partial charge in [0.25, 0.3) is 5.91 Å². The Morgan fingerprint density at radius 2 is 1.76 bits per heavy atom. The number of ether oxygens (including phenoxy) is 1. The van der Waals surface area contributed by atoms with Crippen molar-refractivity contribution >= 4 is 17.6 Å². The monoisotopic (exact) mass is 338 g/mol. The second-order valence-electron chi connectivity index (χ2n) is 5.22. The molecule has 0 heterocycles. The average Bonchev–Trinajstić information content (AvgIpc) is 2.67. The van der Waals surface area contributed by atoms with Crippen LogP contribution in [0.1, 0.15) is 22.3 Å². The zero-order valence-electron chi connectivity index (χ0n) is 13.6. The third-order valence-electron chi connectivity index (χ3n) is 3.52. The Bertz CT molecular complexity index is 751. The van der Waals surface area contributed by atoms with Crippen molar-refractivity contribution in [3.63, 3.8) is 0 Å². The van der Waals surface area contributed by atoms with Gasteiger partial charge in [0.15, 0.2) is 6.61 Å². The highest BCUT2D eigenvalue weighted by Crippen LogP contribution is 2.14. The van der Waals surface area contributed by atoms with Gasteiger partial charge in [-0.3, -0.25) is 4.79 Å². The minimum absolute atomic E-state index is 0.112. The highest BCUT2D eigenvalue weighted by atomic mass is 16.5. The Kier molecular flexibility index (Phi) is 6.69. The summed E-state index contributed by atoms with van der Waals surface area (Å²) in [6, 6.07) is 17.2. The number of hydrogen-bond donors (Lipinski definition) is 1. The first kappa shape index (κ1) is 18.2. The largest absolute Gasteiger partial charge is 0.452 e. The molecule has 128 valence electrons. The van der Waals surface area contributed by atoms with Crippen LogP contribution in [0.25, 0.3) is 0 Å². The lowest BCUT2D eigenvalue weighted by molar-refractivity contribution is -0.121. The first-order chi connectivity index (χ1) is 12.2. The molecule has 1 N–H and O–H groups in total. The highest BCUT2D eigenvalue weighted by molar-refractivity contribution is 5.97. The van der Waals surface area contributed by atoms with E-state index in [0.29, 0.717) is 16.8 Å². The van der Waals surface area contributed by atoms with Crippen molar-refractivity contribution in [1.29, 1.82) is 5.26 Å². The number of amides is 1. The molecule has 0 aliphatic rings. The van der Waals surface area contributed by atoms with Gasteiger partial charge in [-0.05, 0) is 29.8 Å². The van der Waals surface area contributed by atoms with Crippen LogP contribution in [0, 0.1) is 11.3 Å². The molecule has 6 heteroatoms. The molecule has 0 saturated carbocycles. The van der Waals surface area contributed by atoms with Crippen LogP contribution in [0.2, 0.25) is 0 Å². The number of carbonyl (C=O) groups is 2. The van der Waals surface area contributed by atoms with E-state index in [9.17, 15) is 9.59 Å². The minimum Gasteiger partial charge on any atom is -0.452 e. The lowest BCUT2D eigenvalue weighted by Gasteiger charge is -2.21. The number of carbonyl (C=O) groups excluding carboxylic acids is 2. The van der Waals surface area contributed by atoms with Crippen molar-refractivity contribution in [2.45, 2.75) is 13.0 Å². The highest BCUT2D eigenvalue weighted by Gasteiger charge is 2.18. The number of rotatable bonds is 7. The molecule has 0 spiro atoms. The molecule has 0 bridgehead atoms. The predicted octanol–water partition coefficient (Wildman–Crippen LogP) is 2.28. The van der Waals surface area contributed by atoms with Crippen LogP contribution in [0.5, 0.6) is 0 Å². The zero-order valence-corrected chi connectivity index (χ0v) is 13.6. The summed E-state index contributed by atoms with van der Waals surface area (Å²) in [5, 5.41) is 17.8. The summed E-state index contributed by atoms with van der Waals surface area (Å²) in [6.45, 7) is -0.304. The smallest absolute Gasteiger partial charge is 0.338 e. The number of anilines is 1. The van der Waals surface area contributed by atoms with Gasteiger partial charge in [-0.2, -0.15) is 5.26 Å². The van der Waals surface area contributed by atoms with Gasteiger partial charge >= 0.3 is 5.97 Å². The maximum atomic E-state index is 12.4. The third kappa shape index (κ3) is 5.16. The molecular formula is C19H18N2O4. The van der Waals surface area contributed by atoms with E-state index in [4.69, 9.17) is 15.1 Å². The maximum absolute atomic E-state index is 12.4. The summed E-state index contributed by atoms with van der Waals surface area (Å²) in [5.41, 5.74) is 1.62. The van der Waals surface area contributed by atoms with E-state index in [1.807, 2.05) is 12.1 Å². The van der Waals surface area contributed by atoms with Crippen molar-refractivity contribution in [3.8, 4) is 6.07 Å². The standard InChI is InChI=1S/C19H18N2O4/c20-11-4-12-21(17-5-2-1-3-6-17)18(23)14-25-19(24)16-9-7-15(13-22)8-10-16/h1-3,5-10,22H,4,12-14H2.